The van der Waals surface area contributed by atoms with Crippen molar-refractivity contribution in [2.75, 3.05) is 13.1 Å². The third-order valence-electron chi connectivity index (χ3n) is 5.43. The number of carbonyl (C=O) groups excluding carboxylic acids is 2. The molecule has 0 aliphatic carbocycles. The summed E-state index contributed by atoms with van der Waals surface area (Å²) >= 11 is 0. The van der Waals surface area contributed by atoms with E-state index in [0.29, 0.717) is 13.0 Å². The average molecular weight is 364 g/mol. The molecule has 0 spiro atoms. The summed E-state index contributed by atoms with van der Waals surface area (Å²) in [5, 5.41) is 2.81. The van der Waals surface area contributed by atoms with Gasteiger partial charge in [0.1, 0.15) is 0 Å². The molecule has 1 atom stereocenters. The predicted octanol–water partition coefficient (Wildman–Crippen LogP) is 3.51. The minimum absolute atomic E-state index is 0.100. The number of amides is 2. The van der Waals surface area contributed by atoms with Gasteiger partial charge in [-0.2, -0.15) is 0 Å². The third kappa shape index (κ3) is 4.38. The molecular weight excluding hydrogens is 336 g/mol. The number of piperidine rings is 1. The van der Waals surface area contributed by atoms with Gasteiger partial charge in [-0.1, -0.05) is 60.7 Å². The van der Waals surface area contributed by atoms with Crippen molar-refractivity contribution in [2.45, 2.75) is 44.6 Å². The molecule has 3 rings (SSSR count). The molecule has 0 bridgehead atoms. The lowest BCUT2D eigenvalue weighted by Gasteiger charge is -2.44. The van der Waals surface area contributed by atoms with E-state index in [1.165, 1.54) is 18.1 Å². The topological polar surface area (TPSA) is 49.4 Å². The van der Waals surface area contributed by atoms with E-state index in [9.17, 15) is 9.59 Å². The molecule has 1 aliphatic heterocycles. The smallest absolute Gasteiger partial charge is 0.224 e. The Hall–Kier alpha value is -2.62. The van der Waals surface area contributed by atoms with Crippen LogP contribution in [0, 0.1) is 0 Å². The van der Waals surface area contributed by atoms with E-state index < -0.39 is 0 Å². The largest absolute Gasteiger partial charge is 0.353 e. The summed E-state index contributed by atoms with van der Waals surface area (Å²) in [6.07, 6.45) is 2.31. The SMILES string of the molecule is CC(=O)NC(C)CC(=O)N1CCCC(c2ccccc2)(c2ccccc2)C1. The molecule has 4 heteroatoms. The van der Waals surface area contributed by atoms with Gasteiger partial charge in [-0.25, -0.2) is 0 Å². The first-order chi connectivity index (χ1) is 13.0. The van der Waals surface area contributed by atoms with Crippen LogP contribution in [0.5, 0.6) is 0 Å². The summed E-state index contributed by atoms with van der Waals surface area (Å²) in [7, 11) is 0. The molecule has 2 aromatic carbocycles. The third-order valence-corrected chi connectivity index (χ3v) is 5.43. The summed E-state index contributed by atoms with van der Waals surface area (Å²) < 4.78 is 0. The Morgan fingerprint density at radius 3 is 2.11 bits per heavy atom. The summed E-state index contributed by atoms with van der Waals surface area (Å²) in [6, 6.07) is 20.9. The van der Waals surface area contributed by atoms with E-state index in [1.807, 2.05) is 24.0 Å². The molecule has 1 fully saturated rings. The monoisotopic (exact) mass is 364 g/mol. The van der Waals surface area contributed by atoms with Crippen LogP contribution in [0.2, 0.25) is 0 Å². The van der Waals surface area contributed by atoms with Crippen molar-refractivity contribution in [2.24, 2.45) is 0 Å². The molecule has 142 valence electrons. The summed E-state index contributed by atoms with van der Waals surface area (Å²) in [6.45, 7) is 4.81. The van der Waals surface area contributed by atoms with Gasteiger partial charge < -0.3 is 10.2 Å². The highest BCUT2D eigenvalue weighted by molar-refractivity contribution is 5.79. The number of nitrogens with zero attached hydrogens (tertiary/aromatic N) is 1. The van der Waals surface area contributed by atoms with E-state index in [4.69, 9.17) is 0 Å². The van der Waals surface area contributed by atoms with E-state index in [2.05, 4.69) is 53.8 Å². The fraction of sp³-hybridized carbons (Fsp3) is 0.391. The summed E-state index contributed by atoms with van der Waals surface area (Å²) in [5.41, 5.74) is 2.32. The van der Waals surface area contributed by atoms with Crippen molar-refractivity contribution < 1.29 is 9.59 Å². The second-order valence-electron chi connectivity index (χ2n) is 7.54. The maximum absolute atomic E-state index is 12.9. The van der Waals surface area contributed by atoms with Crippen molar-refractivity contribution in [3.05, 3.63) is 71.8 Å². The number of nitrogens with one attached hydrogen (secondary N) is 1. The van der Waals surface area contributed by atoms with Crippen LogP contribution in [0.1, 0.15) is 44.2 Å². The maximum atomic E-state index is 12.9. The van der Waals surface area contributed by atoms with Crippen LogP contribution >= 0.6 is 0 Å². The highest BCUT2D eigenvalue weighted by Gasteiger charge is 2.40. The maximum Gasteiger partial charge on any atom is 0.224 e. The summed E-state index contributed by atoms with van der Waals surface area (Å²) in [5.74, 6) is 0.00375. The van der Waals surface area contributed by atoms with Gasteiger partial charge in [-0.15, -0.1) is 0 Å². The zero-order valence-electron chi connectivity index (χ0n) is 16.2. The van der Waals surface area contributed by atoms with Gasteiger partial charge in [0.25, 0.3) is 0 Å². The van der Waals surface area contributed by atoms with Crippen LogP contribution in [0.3, 0.4) is 0 Å². The molecule has 1 saturated heterocycles. The first-order valence-electron chi connectivity index (χ1n) is 9.67. The first kappa shape index (κ1) is 19.2. The second-order valence-corrected chi connectivity index (χ2v) is 7.54. The first-order valence-corrected chi connectivity index (χ1v) is 9.67. The van der Waals surface area contributed by atoms with E-state index >= 15 is 0 Å². The molecule has 1 unspecified atom stereocenters. The molecule has 27 heavy (non-hydrogen) atoms. The van der Waals surface area contributed by atoms with Crippen LogP contribution in [-0.4, -0.2) is 35.8 Å². The van der Waals surface area contributed by atoms with E-state index in [-0.39, 0.29) is 23.3 Å². The number of hydrogen-bond acceptors (Lipinski definition) is 2. The molecule has 1 heterocycles. The average Bonchev–Trinajstić information content (AvgIpc) is 2.68. The highest BCUT2D eigenvalue weighted by atomic mass is 16.2. The lowest BCUT2D eigenvalue weighted by atomic mass is 9.69. The molecule has 0 saturated carbocycles. The van der Waals surface area contributed by atoms with E-state index in [1.54, 1.807) is 0 Å². The van der Waals surface area contributed by atoms with Crippen molar-refractivity contribution in [3.63, 3.8) is 0 Å². The van der Waals surface area contributed by atoms with Gasteiger partial charge >= 0.3 is 0 Å². The Kier molecular flexibility index (Phi) is 5.94. The van der Waals surface area contributed by atoms with Crippen LogP contribution in [0.25, 0.3) is 0 Å². The van der Waals surface area contributed by atoms with Gasteiger partial charge in [0, 0.05) is 37.9 Å². The quantitative estimate of drug-likeness (QED) is 0.883. The zero-order valence-corrected chi connectivity index (χ0v) is 16.2. The molecule has 1 N–H and O–H groups in total. The van der Waals surface area contributed by atoms with Gasteiger partial charge in [-0.3, -0.25) is 9.59 Å². The Labute approximate surface area is 161 Å². The molecule has 4 nitrogen and oxygen atoms in total. The van der Waals surface area contributed by atoms with Crippen LogP contribution < -0.4 is 5.32 Å². The standard InChI is InChI=1S/C23H28N2O2/c1-18(24-19(2)26)16-22(27)25-15-9-14-23(17-25,20-10-5-3-6-11-20)21-12-7-4-8-13-21/h3-8,10-13,18H,9,14-17H2,1-2H3,(H,24,26). The minimum atomic E-state index is -0.187. The number of likely N-dealkylation sites (tertiary alicyclic amines) is 1. The molecule has 0 aromatic heterocycles. The molecule has 1 aliphatic rings. The van der Waals surface area contributed by atoms with Gasteiger partial charge in [-0.05, 0) is 30.9 Å². The lowest BCUT2D eigenvalue weighted by Crippen LogP contribution is -2.50. The number of hydrogen-bond donors (Lipinski definition) is 1. The van der Waals surface area contributed by atoms with Crippen molar-refractivity contribution >= 4 is 11.8 Å². The number of rotatable bonds is 5. The van der Waals surface area contributed by atoms with Gasteiger partial charge in [0.15, 0.2) is 0 Å². The molecule has 2 aromatic rings. The van der Waals surface area contributed by atoms with Crippen LogP contribution in [0.15, 0.2) is 60.7 Å². The normalized spacial score (nSPS) is 17.2. The Bertz CT molecular complexity index is 734. The lowest BCUT2D eigenvalue weighted by molar-refractivity contribution is -0.133. The van der Waals surface area contributed by atoms with E-state index in [0.717, 1.165) is 19.4 Å². The van der Waals surface area contributed by atoms with Crippen molar-refractivity contribution in [3.8, 4) is 0 Å². The molecular formula is C23H28N2O2. The second kappa shape index (κ2) is 8.38. The van der Waals surface area contributed by atoms with Gasteiger partial charge in [0.2, 0.25) is 11.8 Å². The predicted molar refractivity (Wildman–Crippen MR) is 107 cm³/mol. The Morgan fingerprint density at radius 1 is 1.04 bits per heavy atom. The minimum Gasteiger partial charge on any atom is -0.353 e. The Balaban J connectivity index is 1.87. The molecule has 2 amide bonds. The van der Waals surface area contributed by atoms with Crippen molar-refractivity contribution in [1.29, 1.82) is 0 Å². The van der Waals surface area contributed by atoms with Crippen LogP contribution in [-0.2, 0) is 15.0 Å². The fourth-order valence-electron chi connectivity index (χ4n) is 4.21. The fourth-order valence-corrected chi connectivity index (χ4v) is 4.21. The van der Waals surface area contributed by atoms with Crippen molar-refractivity contribution in [1.82, 2.24) is 10.2 Å². The van der Waals surface area contributed by atoms with Crippen LogP contribution in [0.4, 0.5) is 0 Å². The zero-order chi connectivity index (χ0) is 19.3. The Morgan fingerprint density at radius 2 is 1.59 bits per heavy atom. The molecule has 0 radical (unpaired) electrons. The highest BCUT2D eigenvalue weighted by Crippen LogP contribution is 2.40. The summed E-state index contributed by atoms with van der Waals surface area (Å²) in [4.78, 5) is 26.1. The number of benzene rings is 2. The van der Waals surface area contributed by atoms with Gasteiger partial charge in [0.05, 0.1) is 0 Å². The number of carbonyl (C=O) groups is 2.